The summed E-state index contributed by atoms with van der Waals surface area (Å²) >= 11 is 7.67. The number of nitrogens with one attached hydrogen (secondary N) is 2. The van der Waals surface area contributed by atoms with Gasteiger partial charge in [-0.2, -0.15) is 16.7 Å². The summed E-state index contributed by atoms with van der Waals surface area (Å²) in [6, 6.07) is 12.2. The van der Waals surface area contributed by atoms with Gasteiger partial charge in [-0.1, -0.05) is 35.0 Å². The molecule has 0 atom stereocenters. The lowest BCUT2D eigenvalue weighted by Crippen LogP contribution is -2.38. The van der Waals surface area contributed by atoms with Gasteiger partial charge in [0.15, 0.2) is 5.96 Å². The molecule has 2 aromatic carbocycles. The molecule has 0 spiro atoms. The zero-order valence-corrected chi connectivity index (χ0v) is 18.4. The van der Waals surface area contributed by atoms with E-state index in [0.717, 1.165) is 22.4 Å². The van der Waals surface area contributed by atoms with E-state index in [1.807, 2.05) is 18.4 Å². The largest absolute Gasteiger partial charge is 0.356 e. The van der Waals surface area contributed by atoms with E-state index < -0.39 is 0 Å². The van der Waals surface area contributed by atoms with Gasteiger partial charge in [0.05, 0.1) is 0 Å². The van der Waals surface area contributed by atoms with Crippen LogP contribution < -0.4 is 10.6 Å². The van der Waals surface area contributed by atoms with E-state index >= 15 is 0 Å². The van der Waals surface area contributed by atoms with Crippen molar-refractivity contribution in [2.75, 3.05) is 19.8 Å². The first-order valence-electron chi connectivity index (χ1n) is 9.38. The van der Waals surface area contributed by atoms with Crippen LogP contribution in [0.5, 0.6) is 0 Å². The van der Waals surface area contributed by atoms with Gasteiger partial charge >= 0.3 is 0 Å². The topological polar surface area (TPSA) is 75.3 Å². The summed E-state index contributed by atoms with van der Waals surface area (Å²) in [5.41, 5.74) is 2.82. The molecule has 0 bridgehead atoms. The highest BCUT2D eigenvalue weighted by Gasteiger charge is 2.10. The Balaban J connectivity index is 1.51. The average Bonchev–Trinajstić information content (AvgIpc) is 3.21. The molecule has 2 N–H and O–H groups in total. The standard InChI is InChI=1S/C21H23ClFN5OS/c1-24-21(26-12-15-6-7-18(23)11-16(15)13-30-2)25-9-8-19-27-20(28-29-19)14-4-3-5-17(22)10-14/h3-7,10-11H,8-9,12-13H2,1-2H3,(H2,24,25,26). The quantitative estimate of drug-likeness (QED) is 0.396. The molecule has 0 radical (unpaired) electrons. The van der Waals surface area contributed by atoms with E-state index in [1.165, 1.54) is 6.07 Å². The predicted octanol–water partition coefficient (Wildman–Crippen LogP) is 4.30. The maximum atomic E-state index is 13.5. The summed E-state index contributed by atoms with van der Waals surface area (Å²) in [7, 11) is 1.70. The molecule has 30 heavy (non-hydrogen) atoms. The van der Waals surface area contributed by atoms with E-state index in [1.54, 1.807) is 43.1 Å². The third kappa shape index (κ3) is 6.21. The highest BCUT2D eigenvalue weighted by molar-refractivity contribution is 7.97. The van der Waals surface area contributed by atoms with E-state index in [0.29, 0.717) is 42.2 Å². The second-order valence-electron chi connectivity index (χ2n) is 6.47. The molecule has 158 valence electrons. The number of halogens is 2. The predicted molar refractivity (Wildman–Crippen MR) is 120 cm³/mol. The lowest BCUT2D eigenvalue weighted by Gasteiger charge is -2.13. The summed E-state index contributed by atoms with van der Waals surface area (Å²) in [5, 5.41) is 11.1. The van der Waals surface area contributed by atoms with Crippen molar-refractivity contribution in [1.29, 1.82) is 0 Å². The van der Waals surface area contributed by atoms with Crippen molar-refractivity contribution in [3.05, 3.63) is 70.3 Å². The maximum Gasteiger partial charge on any atom is 0.228 e. The molecule has 0 saturated carbocycles. The molecule has 6 nitrogen and oxygen atoms in total. The molecule has 3 rings (SSSR count). The van der Waals surface area contributed by atoms with Gasteiger partial charge < -0.3 is 15.2 Å². The number of aromatic nitrogens is 2. The van der Waals surface area contributed by atoms with Gasteiger partial charge in [-0.15, -0.1) is 0 Å². The van der Waals surface area contributed by atoms with Gasteiger partial charge in [-0.25, -0.2) is 4.39 Å². The molecular formula is C21H23ClFN5OS. The van der Waals surface area contributed by atoms with Gasteiger partial charge in [-0.05, 0) is 41.6 Å². The van der Waals surface area contributed by atoms with Crippen molar-refractivity contribution >= 4 is 29.3 Å². The summed E-state index contributed by atoms with van der Waals surface area (Å²) in [4.78, 5) is 8.63. The highest BCUT2D eigenvalue weighted by atomic mass is 35.5. The molecule has 0 aliphatic carbocycles. The van der Waals surface area contributed by atoms with E-state index in [4.69, 9.17) is 16.1 Å². The van der Waals surface area contributed by atoms with Crippen LogP contribution in [0.25, 0.3) is 11.4 Å². The number of thioether (sulfide) groups is 1. The molecule has 0 amide bonds. The van der Waals surface area contributed by atoms with Crippen molar-refractivity contribution < 1.29 is 8.91 Å². The fourth-order valence-electron chi connectivity index (χ4n) is 2.85. The molecule has 1 aromatic heterocycles. The van der Waals surface area contributed by atoms with Crippen LogP contribution in [0.3, 0.4) is 0 Å². The molecule has 0 saturated heterocycles. The van der Waals surface area contributed by atoms with Gasteiger partial charge in [0.1, 0.15) is 5.82 Å². The maximum absolute atomic E-state index is 13.5. The van der Waals surface area contributed by atoms with Crippen LogP contribution in [0.1, 0.15) is 17.0 Å². The van der Waals surface area contributed by atoms with E-state index in [9.17, 15) is 4.39 Å². The molecule has 9 heteroatoms. The third-order valence-electron chi connectivity index (χ3n) is 4.32. The number of hydrogen-bond acceptors (Lipinski definition) is 5. The van der Waals surface area contributed by atoms with Crippen molar-refractivity contribution in [2.45, 2.75) is 18.7 Å². The van der Waals surface area contributed by atoms with Crippen LogP contribution >= 0.6 is 23.4 Å². The zero-order chi connectivity index (χ0) is 21.3. The first-order valence-corrected chi connectivity index (χ1v) is 11.2. The lowest BCUT2D eigenvalue weighted by atomic mass is 10.1. The van der Waals surface area contributed by atoms with Crippen molar-refractivity contribution in [3.63, 3.8) is 0 Å². The smallest absolute Gasteiger partial charge is 0.228 e. The Morgan fingerprint density at radius 2 is 2.07 bits per heavy atom. The first-order chi connectivity index (χ1) is 14.6. The molecule has 0 fully saturated rings. The van der Waals surface area contributed by atoms with Crippen LogP contribution in [-0.2, 0) is 18.7 Å². The molecule has 1 heterocycles. The number of benzene rings is 2. The Labute approximate surface area is 184 Å². The summed E-state index contributed by atoms with van der Waals surface area (Å²) in [6.07, 6.45) is 2.54. The third-order valence-corrected chi connectivity index (χ3v) is 5.16. The monoisotopic (exact) mass is 447 g/mol. The van der Waals surface area contributed by atoms with Crippen LogP contribution in [-0.4, -0.2) is 35.9 Å². The number of aliphatic imine (C=N–C) groups is 1. The highest BCUT2D eigenvalue weighted by Crippen LogP contribution is 2.20. The molecule has 0 unspecified atom stereocenters. The fraction of sp³-hybridized carbons (Fsp3) is 0.286. The average molecular weight is 448 g/mol. The molecule has 3 aromatic rings. The zero-order valence-electron chi connectivity index (χ0n) is 16.8. The van der Waals surface area contributed by atoms with Crippen molar-refractivity contribution in [3.8, 4) is 11.4 Å². The minimum Gasteiger partial charge on any atom is -0.356 e. The Kier molecular flexibility index (Phi) is 8.10. The van der Waals surface area contributed by atoms with Gasteiger partial charge in [0.25, 0.3) is 0 Å². The van der Waals surface area contributed by atoms with Crippen molar-refractivity contribution in [1.82, 2.24) is 20.8 Å². The van der Waals surface area contributed by atoms with Crippen LogP contribution in [0.4, 0.5) is 4.39 Å². The first kappa shape index (κ1) is 22.1. The normalized spacial score (nSPS) is 11.5. The van der Waals surface area contributed by atoms with Crippen LogP contribution in [0, 0.1) is 5.82 Å². The second-order valence-corrected chi connectivity index (χ2v) is 7.77. The Morgan fingerprint density at radius 1 is 1.20 bits per heavy atom. The summed E-state index contributed by atoms with van der Waals surface area (Å²) < 4.78 is 18.8. The number of rotatable bonds is 8. The minimum absolute atomic E-state index is 0.220. The van der Waals surface area contributed by atoms with Crippen LogP contribution in [0.2, 0.25) is 5.02 Å². The summed E-state index contributed by atoms with van der Waals surface area (Å²) in [6.45, 7) is 1.12. The number of hydrogen-bond donors (Lipinski definition) is 2. The second kappa shape index (κ2) is 11.0. The van der Waals surface area contributed by atoms with Gasteiger partial charge in [-0.3, -0.25) is 4.99 Å². The van der Waals surface area contributed by atoms with Crippen LogP contribution in [0.15, 0.2) is 52.0 Å². The van der Waals surface area contributed by atoms with E-state index in [2.05, 4.69) is 25.8 Å². The van der Waals surface area contributed by atoms with Gasteiger partial charge in [0.2, 0.25) is 11.7 Å². The lowest BCUT2D eigenvalue weighted by molar-refractivity contribution is 0.378. The summed E-state index contributed by atoms with van der Waals surface area (Å²) in [5.74, 6) is 2.21. The molecular weight excluding hydrogens is 425 g/mol. The Bertz CT molecular complexity index is 1010. The van der Waals surface area contributed by atoms with Crippen molar-refractivity contribution in [2.24, 2.45) is 4.99 Å². The number of nitrogens with zero attached hydrogens (tertiary/aromatic N) is 3. The number of guanidine groups is 1. The molecule has 0 aliphatic rings. The fourth-order valence-corrected chi connectivity index (χ4v) is 3.62. The Morgan fingerprint density at radius 3 is 2.83 bits per heavy atom. The van der Waals surface area contributed by atoms with Gasteiger partial charge in [0, 0.05) is 42.9 Å². The minimum atomic E-state index is -0.220. The Hall–Kier alpha value is -2.58. The SMILES string of the molecule is CN=C(NCCc1nc(-c2cccc(Cl)c2)no1)NCc1ccc(F)cc1CSC. The molecule has 0 aliphatic heterocycles. The van der Waals surface area contributed by atoms with E-state index in [-0.39, 0.29) is 5.82 Å².